The second-order valence-electron chi connectivity index (χ2n) is 8.64. The van der Waals surface area contributed by atoms with E-state index in [9.17, 15) is 9.59 Å². The number of fused-ring (bicyclic) bond motifs is 2. The predicted octanol–water partition coefficient (Wildman–Crippen LogP) is 3.49. The maximum absolute atomic E-state index is 13.3. The van der Waals surface area contributed by atoms with Gasteiger partial charge in [-0.05, 0) is 75.2 Å². The third-order valence-electron chi connectivity index (χ3n) is 7.02. The van der Waals surface area contributed by atoms with Gasteiger partial charge in [0, 0.05) is 30.3 Å². The summed E-state index contributed by atoms with van der Waals surface area (Å²) in [6.45, 7) is 2.88. The summed E-state index contributed by atoms with van der Waals surface area (Å²) in [5.74, 6) is 2.72. The van der Waals surface area contributed by atoms with Gasteiger partial charge in [0.1, 0.15) is 5.69 Å². The molecular formula is C20H26N2O2. The van der Waals surface area contributed by atoms with Crippen molar-refractivity contribution in [2.45, 2.75) is 64.3 Å². The van der Waals surface area contributed by atoms with Crippen molar-refractivity contribution in [2.75, 3.05) is 6.54 Å². The largest absolute Gasteiger partial charge is 0.354 e. The minimum Gasteiger partial charge on any atom is -0.354 e. The van der Waals surface area contributed by atoms with Crippen LogP contribution in [0.1, 0.15) is 77.0 Å². The molecule has 2 saturated heterocycles. The second-order valence-corrected chi connectivity index (χ2v) is 8.64. The molecule has 1 amide bonds. The normalized spacial score (nSPS) is 34.4. The summed E-state index contributed by atoms with van der Waals surface area (Å²) in [7, 11) is 0. The standard InChI is InChI=1S/C20H26N2O2/c1-11-18-16(3-2-4-17(18)23)21-19(11)20(24)22-10-14-6-12-5-13(7-14)9-15(22)8-12/h12-15,21H,2-10H2,1H3. The first kappa shape index (κ1) is 14.7. The number of carbonyl (C=O) groups excluding carboxylic acids is 2. The summed E-state index contributed by atoms with van der Waals surface area (Å²) in [6, 6.07) is 0.421. The van der Waals surface area contributed by atoms with Crippen LogP contribution < -0.4 is 0 Å². The van der Waals surface area contributed by atoms with Crippen molar-refractivity contribution in [1.82, 2.24) is 9.88 Å². The number of nitrogens with zero attached hydrogens (tertiary/aromatic N) is 1. The summed E-state index contributed by atoms with van der Waals surface area (Å²) in [4.78, 5) is 31.1. The van der Waals surface area contributed by atoms with Crippen LogP contribution in [0, 0.1) is 24.7 Å². The van der Waals surface area contributed by atoms with Crippen LogP contribution in [0.2, 0.25) is 0 Å². The van der Waals surface area contributed by atoms with E-state index in [1.807, 2.05) is 6.92 Å². The number of aromatic nitrogens is 1. The topological polar surface area (TPSA) is 53.2 Å². The number of H-pyrrole nitrogens is 1. The van der Waals surface area contributed by atoms with E-state index in [2.05, 4.69) is 9.88 Å². The van der Waals surface area contributed by atoms with E-state index in [0.29, 0.717) is 24.1 Å². The summed E-state index contributed by atoms with van der Waals surface area (Å²) >= 11 is 0. The number of amides is 1. The second kappa shape index (κ2) is 5.21. The average Bonchev–Trinajstić information content (AvgIpc) is 2.76. The van der Waals surface area contributed by atoms with E-state index in [1.54, 1.807) is 0 Å². The van der Waals surface area contributed by atoms with Gasteiger partial charge in [-0.2, -0.15) is 0 Å². The highest BCUT2D eigenvalue weighted by Gasteiger charge is 2.44. The molecule has 0 aromatic carbocycles. The molecule has 1 aromatic rings. The average molecular weight is 326 g/mol. The molecule has 4 fully saturated rings. The molecule has 0 spiro atoms. The Labute approximate surface area is 143 Å². The lowest BCUT2D eigenvalue weighted by atomic mass is 9.68. The monoisotopic (exact) mass is 326 g/mol. The van der Waals surface area contributed by atoms with E-state index >= 15 is 0 Å². The summed E-state index contributed by atoms with van der Waals surface area (Å²) in [5.41, 5.74) is 3.39. The Morgan fingerprint density at radius 1 is 1.04 bits per heavy atom. The minimum absolute atomic E-state index is 0.146. The number of Topliss-reactive ketones (excluding diaryl/α,β-unsaturated/α-hetero) is 1. The first-order valence-corrected chi connectivity index (χ1v) is 9.65. The highest BCUT2D eigenvalue weighted by Crippen LogP contribution is 2.47. The first-order valence-electron chi connectivity index (χ1n) is 9.65. The molecule has 4 nitrogen and oxygen atoms in total. The highest BCUT2D eigenvalue weighted by molar-refractivity contribution is 6.04. The number of rotatable bonds is 1. The molecule has 4 bridgehead atoms. The van der Waals surface area contributed by atoms with Crippen molar-refractivity contribution in [3.05, 3.63) is 22.5 Å². The Morgan fingerprint density at radius 2 is 1.75 bits per heavy atom. The van der Waals surface area contributed by atoms with Crippen LogP contribution in [0.5, 0.6) is 0 Å². The van der Waals surface area contributed by atoms with Crippen LogP contribution in [0.4, 0.5) is 0 Å². The molecule has 128 valence electrons. The lowest BCUT2D eigenvalue weighted by Crippen LogP contribution is -2.42. The van der Waals surface area contributed by atoms with E-state index < -0.39 is 0 Å². The van der Waals surface area contributed by atoms with Crippen LogP contribution in [0.25, 0.3) is 0 Å². The quantitative estimate of drug-likeness (QED) is 0.859. The van der Waals surface area contributed by atoms with Crippen LogP contribution in [0.3, 0.4) is 0 Å². The van der Waals surface area contributed by atoms with Crippen molar-refractivity contribution in [2.24, 2.45) is 17.8 Å². The maximum Gasteiger partial charge on any atom is 0.270 e. The lowest BCUT2D eigenvalue weighted by molar-refractivity contribution is 0.0626. The van der Waals surface area contributed by atoms with Crippen molar-refractivity contribution >= 4 is 11.7 Å². The Balaban J connectivity index is 1.50. The van der Waals surface area contributed by atoms with Gasteiger partial charge >= 0.3 is 0 Å². The number of hydrogen-bond acceptors (Lipinski definition) is 2. The molecule has 1 aromatic heterocycles. The zero-order chi connectivity index (χ0) is 16.4. The molecule has 3 aliphatic carbocycles. The number of hydrogen-bond donors (Lipinski definition) is 1. The van der Waals surface area contributed by atoms with Crippen molar-refractivity contribution in [3.8, 4) is 0 Å². The fraction of sp³-hybridized carbons (Fsp3) is 0.700. The lowest BCUT2D eigenvalue weighted by Gasteiger charge is -2.38. The Morgan fingerprint density at radius 3 is 2.46 bits per heavy atom. The molecular weight excluding hydrogens is 300 g/mol. The Kier molecular flexibility index (Phi) is 3.20. The molecule has 2 aliphatic heterocycles. The zero-order valence-electron chi connectivity index (χ0n) is 14.4. The predicted molar refractivity (Wildman–Crippen MR) is 91.2 cm³/mol. The van der Waals surface area contributed by atoms with Crippen molar-refractivity contribution < 1.29 is 9.59 Å². The summed E-state index contributed by atoms with van der Waals surface area (Å²) < 4.78 is 0. The number of aryl methyl sites for hydroxylation is 1. The van der Waals surface area contributed by atoms with Crippen molar-refractivity contribution in [1.29, 1.82) is 0 Å². The molecule has 1 N–H and O–H groups in total. The number of ketones is 1. The van der Waals surface area contributed by atoms with Gasteiger partial charge in [0.05, 0.1) is 0 Å². The fourth-order valence-electron chi connectivity index (χ4n) is 6.16. The summed E-state index contributed by atoms with van der Waals surface area (Å²) in [5, 5.41) is 0. The number of nitrogens with one attached hydrogen (secondary N) is 1. The van der Waals surface area contributed by atoms with E-state index in [0.717, 1.165) is 48.0 Å². The number of carbonyl (C=O) groups is 2. The highest BCUT2D eigenvalue weighted by atomic mass is 16.2. The van der Waals surface area contributed by atoms with Gasteiger partial charge in [-0.25, -0.2) is 0 Å². The van der Waals surface area contributed by atoms with Gasteiger partial charge in [0.15, 0.2) is 5.78 Å². The van der Waals surface area contributed by atoms with Crippen LogP contribution >= 0.6 is 0 Å². The minimum atomic E-state index is 0.146. The molecule has 2 atom stereocenters. The molecule has 24 heavy (non-hydrogen) atoms. The van der Waals surface area contributed by atoms with Gasteiger partial charge in [0.25, 0.3) is 5.91 Å². The molecule has 6 rings (SSSR count). The molecule has 5 aliphatic rings. The van der Waals surface area contributed by atoms with E-state index in [1.165, 1.54) is 32.1 Å². The Bertz CT molecular complexity index is 705. The summed E-state index contributed by atoms with van der Waals surface area (Å²) in [6.07, 6.45) is 8.82. The van der Waals surface area contributed by atoms with Gasteiger partial charge in [-0.1, -0.05) is 0 Å². The third-order valence-corrected chi connectivity index (χ3v) is 7.02. The van der Waals surface area contributed by atoms with E-state index in [-0.39, 0.29) is 11.7 Å². The molecule has 2 unspecified atom stereocenters. The first-order chi connectivity index (χ1) is 11.6. The van der Waals surface area contributed by atoms with Crippen LogP contribution in [0.15, 0.2) is 0 Å². The fourth-order valence-corrected chi connectivity index (χ4v) is 6.16. The van der Waals surface area contributed by atoms with Gasteiger partial charge in [-0.15, -0.1) is 0 Å². The molecule has 3 heterocycles. The van der Waals surface area contributed by atoms with Crippen LogP contribution in [-0.4, -0.2) is 34.2 Å². The molecule has 2 saturated carbocycles. The van der Waals surface area contributed by atoms with Gasteiger partial charge < -0.3 is 9.88 Å². The molecule has 0 radical (unpaired) electrons. The number of aromatic amines is 1. The van der Waals surface area contributed by atoms with Gasteiger partial charge in [0.2, 0.25) is 0 Å². The SMILES string of the molecule is Cc1c(C(=O)N2CC3CC4CC(C3)CC2C4)[nH]c2c1C(=O)CCC2. The van der Waals surface area contributed by atoms with E-state index in [4.69, 9.17) is 0 Å². The maximum atomic E-state index is 13.3. The third kappa shape index (κ3) is 2.11. The molecule has 4 heteroatoms. The Hall–Kier alpha value is -1.58. The van der Waals surface area contributed by atoms with Gasteiger partial charge in [-0.3, -0.25) is 9.59 Å². The van der Waals surface area contributed by atoms with Crippen molar-refractivity contribution in [3.63, 3.8) is 0 Å². The zero-order valence-corrected chi connectivity index (χ0v) is 14.4. The smallest absolute Gasteiger partial charge is 0.270 e. The van der Waals surface area contributed by atoms with Crippen LogP contribution in [-0.2, 0) is 6.42 Å².